The number of carbonyl (C=O) groups excluding carboxylic acids is 1. The number of anilines is 1. The summed E-state index contributed by atoms with van der Waals surface area (Å²) >= 11 is 1.42. The molecule has 2 N–H and O–H groups in total. The number of nitrogens with one attached hydrogen (secondary N) is 2. The average molecular weight is 411 g/mol. The van der Waals surface area contributed by atoms with Gasteiger partial charge in [0.05, 0.1) is 5.69 Å². The molecule has 1 amide bonds. The highest BCUT2D eigenvalue weighted by Gasteiger charge is 2.23. The number of aryl methyl sites for hydroxylation is 2. The molecule has 0 fully saturated rings. The van der Waals surface area contributed by atoms with Crippen molar-refractivity contribution in [1.82, 2.24) is 25.1 Å². The fraction of sp³-hybridized carbons (Fsp3) is 0.429. The number of carbonyl (C=O) groups is 1. The van der Waals surface area contributed by atoms with Crippen LogP contribution in [-0.4, -0.2) is 38.2 Å². The lowest BCUT2D eigenvalue weighted by molar-refractivity contribution is 0.0936. The first-order valence-electron chi connectivity index (χ1n) is 10.1. The van der Waals surface area contributed by atoms with Gasteiger partial charge in [0.1, 0.15) is 16.5 Å². The summed E-state index contributed by atoms with van der Waals surface area (Å²) in [6.45, 7) is 5.52. The van der Waals surface area contributed by atoms with E-state index in [0.29, 0.717) is 4.88 Å². The van der Waals surface area contributed by atoms with Crippen LogP contribution in [0.2, 0.25) is 0 Å². The molecule has 0 spiro atoms. The van der Waals surface area contributed by atoms with Gasteiger partial charge >= 0.3 is 0 Å². The standard InChI is InChI=1S/C21H26N6OS/c1-3-22-21-23-14(2)19(29-21)20(28)24-16-9-10-17-25-26-18(27(17)12-11-16)13-15-7-5-4-6-8-15/h4-8,16H,3,9-13H2,1-2H3,(H,22,23)(H,24,28). The Morgan fingerprint density at radius 2 is 2.07 bits per heavy atom. The van der Waals surface area contributed by atoms with Gasteiger partial charge in [0, 0.05) is 32.0 Å². The third-order valence-electron chi connectivity index (χ3n) is 5.19. The molecule has 2 aromatic heterocycles. The SMILES string of the molecule is CCNc1nc(C)c(C(=O)NC2CCc3nnc(Cc4ccccc4)n3CC2)s1. The maximum Gasteiger partial charge on any atom is 0.263 e. The van der Waals surface area contributed by atoms with Gasteiger partial charge in [-0.3, -0.25) is 4.79 Å². The highest BCUT2D eigenvalue weighted by molar-refractivity contribution is 7.17. The molecule has 1 aromatic carbocycles. The molecule has 3 aromatic rings. The van der Waals surface area contributed by atoms with Crippen molar-refractivity contribution in [3.63, 3.8) is 0 Å². The van der Waals surface area contributed by atoms with Crippen LogP contribution in [-0.2, 0) is 19.4 Å². The molecule has 1 aliphatic rings. The van der Waals surface area contributed by atoms with Crippen molar-refractivity contribution in [2.45, 2.75) is 52.1 Å². The van der Waals surface area contributed by atoms with Crippen molar-refractivity contribution in [2.75, 3.05) is 11.9 Å². The minimum atomic E-state index is -0.0312. The molecule has 7 nitrogen and oxygen atoms in total. The number of thiazole rings is 1. The van der Waals surface area contributed by atoms with Crippen molar-refractivity contribution in [3.8, 4) is 0 Å². The highest BCUT2D eigenvalue weighted by atomic mass is 32.1. The van der Waals surface area contributed by atoms with E-state index in [9.17, 15) is 4.79 Å². The van der Waals surface area contributed by atoms with E-state index in [0.717, 1.165) is 61.2 Å². The van der Waals surface area contributed by atoms with Crippen LogP contribution in [0.15, 0.2) is 30.3 Å². The smallest absolute Gasteiger partial charge is 0.263 e. The minimum Gasteiger partial charge on any atom is -0.362 e. The molecule has 3 heterocycles. The molecular weight excluding hydrogens is 384 g/mol. The number of nitrogens with zero attached hydrogens (tertiary/aromatic N) is 4. The van der Waals surface area contributed by atoms with Gasteiger partial charge in [-0.1, -0.05) is 41.7 Å². The third kappa shape index (κ3) is 4.48. The Balaban J connectivity index is 1.40. The van der Waals surface area contributed by atoms with Crippen LogP contribution < -0.4 is 10.6 Å². The molecule has 0 saturated carbocycles. The summed E-state index contributed by atoms with van der Waals surface area (Å²) in [7, 11) is 0. The lowest BCUT2D eigenvalue weighted by Crippen LogP contribution is -2.35. The number of benzene rings is 1. The Morgan fingerprint density at radius 3 is 2.86 bits per heavy atom. The van der Waals surface area contributed by atoms with Gasteiger partial charge in [-0.2, -0.15) is 0 Å². The van der Waals surface area contributed by atoms with Crippen molar-refractivity contribution < 1.29 is 4.79 Å². The summed E-state index contributed by atoms with van der Waals surface area (Å²) in [4.78, 5) is 17.9. The molecule has 0 radical (unpaired) electrons. The molecule has 152 valence electrons. The summed E-state index contributed by atoms with van der Waals surface area (Å²) in [5.41, 5.74) is 2.01. The van der Waals surface area contributed by atoms with Gasteiger partial charge in [0.25, 0.3) is 5.91 Å². The van der Waals surface area contributed by atoms with Crippen LogP contribution in [0.3, 0.4) is 0 Å². The molecule has 1 aliphatic heterocycles. The number of rotatable bonds is 6. The Kier molecular flexibility index (Phi) is 5.89. The van der Waals surface area contributed by atoms with E-state index >= 15 is 0 Å². The first-order valence-corrected chi connectivity index (χ1v) is 10.9. The van der Waals surface area contributed by atoms with E-state index in [2.05, 4.69) is 42.5 Å². The van der Waals surface area contributed by atoms with Gasteiger partial charge in [-0.05, 0) is 32.3 Å². The summed E-state index contributed by atoms with van der Waals surface area (Å²) in [5, 5.41) is 16.0. The molecule has 0 aliphatic carbocycles. The molecule has 0 saturated heterocycles. The van der Waals surface area contributed by atoms with Gasteiger partial charge in [0.15, 0.2) is 5.13 Å². The van der Waals surface area contributed by atoms with Crippen LogP contribution in [0.5, 0.6) is 0 Å². The van der Waals surface area contributed by atoms with Crippen molar-refractivity contribution in [1.29, 1.82) is 0 Å². The largest absolute Gasteiger partial charge is 0.362 e. The normalized spacial score (nSPS) is 16.1. The number of amides is 1. The fourth-order valence-electron chi connectivity index (χ4n) is 3.69. The Morgan fingerprint density at radius 1 is 1.24 bits per heavy atom. The number of aromatic nitrogens is 4. The van der Waals surface area contributed by atoms with Crippen LogP contribution in [0, 0.1) is 6.92 Å². The third-order valence-corrected chi connectivity index (χ3v) is 6.31. The molecule has 4 rings (SSSR count). The monoisotopic (exact) mass is 410 g/mol. The van der Waals surface area contributed by atoms with Gasteiger partial charge < -0.3 is 15.2 Å². The maximum absolute atomic E-state index is 12.8. The Labute approximate surface area is 174 Å². The van der Waals surface area contributed by atoms with Crippen molar-refractivity contribution in [3.05, 3.63) is 58.1 Å². The lowest BCUT2D eigenvalue weighted by Gasteiger charge is -2.15. The number of fused-ring (bicyclic) bond motifs is 1. The second-order valence-corrected chi connectivity index (χ2v) is 8.31. The van der Waals surface area contributed by atoms with Gasteiger partial charge in [0.2, 0.25) is 0 Å². The van der Waals surface area contributed by atoms with E-state index in [1.807, 2.05) is 32.0 Å². The zero-order valence-corrected chi connectivity index (χ0v) is 17.6. The molecule has 29 heavy (non-hydrogen) atoms. The van der Waals surface area contributed by atoms with E-state index in [1.54, 1.807) is 0 Å². The van der Waals surface area contributed by atoms with E-state index < -0.39 is 0 Å². The minimum absolute atomic E-state index is 0.0312. The highest BCUT2D eigenvalue weighted by Crippen LogP contribution is 2.23. The summed E-state index contributed by atoms with van der Waals surface area (Å²) in [6.07, 6.45) is 3.33. The predicted octanol–water partition coefficient (Wildman–Crippen LogP) is 3.20. The summed E-state index contributed by atoms with van der Waals surface area (Å²) in [5.74, 6) is 1.97. The summed E-state index contributed by atoms with van der Waals surface area (Å²) in [6, 6.07) is 10.5. The van der Waals surface area contributed by atoms with E-state index in [-0.39, 0.29) is 11.9 Å². The van der Waals surface area contributed by atoms with Crippen molar-refractivity contribution in [2.24, 2.45) is 0 Å². The first-order chi connectivity index (χ1) is 14.1. The van der Waals surface area contributed by atoms with Gasteiger partial charge in [-0.15, -0.1) is 10.2 Å². The van der Waals surface area contributed by atoms with Gasteiger partial charge in [-0.25, -0.2) is 4.98 Å². The maximum atomic E-state index is 12.8. The molecule has 1 unspecified atom stereocenters. The van der Waals surface area contributed by atoms with Crippen LogP contribution in [0.4, 0.5) is 5.13 Å². The Hall–Kier alpha value is -2.74. The second-order valence-electron chi connectivity index (χ2n) is 7.31. The van der Waals surface area contributed by atoms with Crippen molar-refractivity contribution >= 4 is 22.4 Å². The first kappa shape index (κ1) is 19.6. The quantitative estimate of drug-likeness (QED) is 0.652. The molecule has 1 atom stereocenters. The molecule has 0 bridgehead atoms. The van der Waals surface area contributed by atoms with Crippen LogP contribution >= 0.6 is 11.3 Å². The average Bonchev–Trinajstić information content (AvgIpc) is 3.21. The van der Waals surface area contributed by atoms with Crippen LogP contribution in [0.25, 0.3) is 0 Å². The number of hydrogen-bond acceptors (Lipinski definition) is 6. The summed E-state index contributed by atoms with van der Waals surface area (Å²) < 4.78 is 2.22. The topological polar surface area (TPSA) is 84.7 Å². The zero-order valence-electron chi connectivity index (χ0n) is 16.8. The number of hydrogen-bond donors (Lipinski definition) is 2. The predicted molar refractivity (Wildman–Crippen MR) is 114 cm³/mol. The molecule has 8 heteroatoms. The van der Waals surface area contributed by atoms with E-state index in [4.69, 9.17) is 0 Å². The zero-order chi connectivity index (χ0) is 20.2. The lowest BCUT2D eigenvalue weighted by atomic mass is 10.1. The fourth-order valence-corrected chi connectivity index (χ4v) is 4.62. The Bertz CT molecular complexity index is 980. The van der Waals surface area contributed by atoms with E-state index in [1.165, 1.54) is 16.9 Å². The second kappa shape index (κ2) is 8.73. The van der Waals surface area contributed by atoms with Crippen LogP contribution in [0.1, 0.15) is 52.3 Å². The molecular formula is C21H26N6OS.